The summed E-state index contributed by atoms with van der Waals surface area (Å²) in [4.78, 5) is 11.0. The summed E-state index contributed by atoms with van der Waals surface area (Å²) in [5.41, 5.74) is 0. The number of ketones is 1. The van der Waals surface area contributed by atoms with Crippen LogP contribution in [0.4, 0.5) is 0 Å². The van der Waals surface area contributed by atoms with Crippen LogP contribution in [-0.4, -0.2) is 24.8 Å². The van der Waals surface area contributed by atoms with Gasteiger partial charge in [0, 0.05) is 6.42 Å². The normalized spacial score (nSPS) is 46.1. The first-order valence-corrected chi connectivity index (χ1v) is 3.57. The van der Waals surface area contributed by atoms with Crippen molar-refractivity contribution in [3.8, 4) is 0 Å². The Morgan fingerprint density at radius 1 is 1.60 bits per heavy atom. The lowest BCUT2D eigenvalue weighted by Gasteiger charge is -2.22. The van der Waals surface area contributed by atoms with Crippen LogP contribution in [0.15, 0.2) is 0 Å². The maximum Gasteiger partial charge on any atom is 0.218 e. The molecule has 3 atom stereocenters. The number of carbonyl (C=O) groups excluding carboxylic acids is 1. The van der Waals surface area contributed by atoms with Crippen molar-refractivity contribution in [2.24, 2.45) is 5.92 Å². The molecule has 2 aliphatic rings. The van der Waals surface area contributed by atoms with Gasteiger partial charge in [-0.2, -0.15) is 0 Å². The zero-order valence-electron chi connectivity index (χ0n) is 5.87. The van der Waals surface area contributed by atoms with E-state index < -0.39 is 6.29 Å². The minimum Gasteiger partial charge on any atom is -0.343 e. The van der Waals surface area contributed by atoms with Gasteiger partial charge in [-0.3, -0.25) is 4.79 Å². The molecule has 0 aromatic rings. The van der Waals surface area contributed by atoms with E-state index in [2.05, 4.69) is 0 Å². The number of carbonyl (C=O) groups is 1. The third-order valence-corrected chi connectivity index (χ3v) is 2.13. The lowest BCUT2D eigenvalue weighted by atomic mass is 9.97. The predicted octanol–water partition coefficient (Wildman–Crippen LogP) is 0.337. The molecule has 2 fully saturated rings. The van der Waals surface area contributed by atoms with Crippen LogP contribution in [-0.2, 0) is 14.3 Å². The van der Waals surface area contributed by atoms with Crippen LogP contribution in [0.25, 0.3) is 0 Å². The minimum atomic E-state index is -0.527. The molecule has 0 saturated carbocycles. The molecule has 0 aromatic carbocycles. The Hall–Kier alpha value is -0.410. The minimum absolute atomic E-state index is 0.0984. The van der Waals surface area contributed by atoms with Gasteiger partial charge in [0.2, 0.25) is 6.29 Å². The average molecular weight is 142 g/mol. The molecule has 3 nitrogen and oxygen atoms in total. The van der Waals surface area contributed by atoms with Gasteiger partial charge in [0.05, 0.1) is 12.7 Å². The lowest BCUT2D eigenvalue weighted by Crippen LogP contribution is -2.33. The smallest absolute Gasteiger partial charge is 0.218 e. The number of rotatable bonds is 0. The van der Waals surface area contributed by atoms with Crippen LogP contribution in [0.2, 0.25) is 0 Å². The topological polar surface area (TPSA) is 35.5 Å². The molecule has 0 unspecified atom stereocenters. The molecule has 56 valence electrons. The molecule has 2 aliphatic heterocycles. The molecule has 0 N–H and O–H groups in total. The molecule has 0 aromatic heterocycles. The third-order valence-electron chi connectivity index (χ3n) is 2.13. The Morgan fingerprint density at radius 3 is 3.20 bits per heavy atom. The number of hydrogen-bond acceptors (Lipinski definition) is 3. The van der Waals surface area contributed by atoms with E-state index in [0.29, 0.717) is 18.9 Å². The molecule has 0 radical (unpaired) electrons. The zero-order valence-corrected chi connectivity index (χ0v) is 5.87. The molecule has 0 aliphatic carbocycles. The van der Waals surface area contributed by atoms with Crippen LogP contribution in [0.5, 0.6) is 0 Å². The van der Waals surface area contributed by atoms with Crippen molar-refractivity contribution in [2.45, 2.75) is 25.7 Å². The number of ether oxygens (including phenoxy) is 2. The molecular formula is C7H10O3. The van der Waals surface area contributed by atoms with Crippen LogP contribution < -0.4 is 0 Å². The molecule has 2 bridgehead atoms. The van der Waals surface area contributed by atoms with E-state index >= 15 is 0 Å². The fraction of sp³-hybridized carbons (Fsp3) is 0.857. The van der Waals surface area contributed by atoms with Gasteiger partial charge in [-0.05, 0) is 5.92 Å². The van der Waals surface area contributed by atoms with E-state index in [4.69, 9.17) is 9.47 Å². The van der Waals surface area contributed by atoms with Gasteiger partial charge in [-0.15, -0.1) is 0 Å². The van der Waals surface area contributed by atoms with Gasteiger partial charge in [-0.25, -0.2) is 0 Å². The fourth-order valence-electron chi connectivity index (χ4n) is 1.43. The van der Waals surface area contributed by atoms with E-state index in [1.54, 1.807) is 0 Å². The second kappa shape index (κ2) is 2.04. The van der Waals surface area contributed by atoms with Crippen molar-refractivity contribution in [3.05, 3.63) is 0 Å². The van der Waals surface area contributed by atoms with Crippen LogP contribution in [0.1, 0.15) is 13.3 Å². The second-order valence-corrected chi connectivity index (χ2v) is 2.99. The molecule has 0 spiro atoms. The monoisotopic (exact) mass is 142 g/mol. The van der Waals surface area contributed by atoms with Gasteiger partial charge in [0.25, 0.3) is 0 Å². The Kier molecular flexibility index (Phi) is 1.28. The summed E-state index contributed by atoms with van der Waals surface area (Å²) < 4.78 is 10.3. The van der Waals surface area contributed by atoms with Crippen LogP contribution in [0, 0.1) is 5.92 Å². The van der Waals surface area contributed by atoms with Gasteiger partial charge in [0.15, 0.2) is 5.78 Å². The standard InChI is InChI=1S/C7H10O3/c1-4-2-5(8)7-9-3-6(4)10-7/h4,6-7H,2-3H2,1H3/t4-,6+,7+/m0/s1. The van der Waals surface area contributed by atoms with Crippen molar-refractivity contribution in [2.75, 3.05) is 6.61 Å². The molecule has 10 heavy (non-hydrogen) atoms. The van der Waals surface area contributed by atoms with Crippen molar-refractivity contribution in [3.63, 3.8) is 0 Å². The molecule has 2 rings (SSSR count). The summed E-state index contributed by atoms with van der Waals surface area (Å²) in [6, 6.07) is 0. The molecule has 2 heterocycles. The first-order valence-electron chi connectivity index (χ1n) is 3.57. The summed E-state index contributed by atoms with van der Waals surface area (Å²) >= 11 is 0. The second-order valence-electron chi connectivity index (χ2n) is 2.99. The SMILES string of the molecule is C[C@H]1CC(=O)[C@@H]2OC[C@H]1O2. The molecule has 0 amide bonds. The highest BCUT2D eigenvalue weighted by molar-refractivity contribution is 5.83. The summed E-state index contributed by atoms with van der Waals surface area (Å²) in [5.74, 6) is 0.438. The Balaban J connectivity index is 2.16. The Bertz CT molecular complexity index is 166. The summed E-state index contributed by atoms with van der Waals surface area (Å²) in [6.07, 6.45) is 0.263. The summed E-state index contributed by atoms with van der Waals surface area (Å²) in [5, 5.41) is 0. The first kappa shape index (κ1) is 6.31. The lowest BCUT2D eigenvalue weighted by molar-refractivity contribution is -0.156. The zero-order chi connectivity index (χ0) is 7.14. The predicted molar refractivity (Wildman–Crippen MR) is 33.4 cm³/mol. The molecular weight excluding hydrogens is 132 g/mol. The van der Waals surface area contributed by atoms with Gasteiger partial charge >= 0.3 is 0 Å². The quantitative estimate of drug-likeness (QED) is 0.489. The Morgan fingerprint density at radius 2 is 2.40 bits per heavy atom. The summed E-state index contributed by atoms with van der Waals surface area (Å²) in [7, 11) is 0. The van der Waals surface area contributed by atoms with E-state index in [9.17, 15) is 4.79 Å². The van der Waals surface area contributed by atoms with E-state index in [1.165, 1.54) is 0 Å². The van der Waals surface area contributed by atoms with E-state index in [-0.39, 0.29) is 11.9 Å². The summed E-state index contributed by atoms with van der Waals surface area (Å²) in [6.45, 7) is 2.62. The van der Waals surface area contributed by atoms with Crippen LogP contribution in [0.3, 0.4) is 0 Å². The number of Topliss-reactive ketones (excluding diaryl/α,β-unsaturated/α-hetero) is 1. The maximum atomic E-state index is 11.0. The van der Waals surface area contributed by atoms with E-state index in [1.807, 2.05) is 6.92 Å². The molecule has 3 heteroatoms. The Labute approximate surface area is 59.3 Å². The largest absolute Gasteiger partial charge is 0.343 e. The number of hydrogen-bond donors (Lipinski definition) is 0. The molecule has 2 saturated heterocycles. The van der Waals surface area contributed by atoms with Crippen molar-refractivity contribution in [1.82, 2.24) is 0 Å². The van der Waals surface area contributed by atoms with Gasteiger partial charge < -0.3 is 9.47 Å². The fourth-order valence-corrected chi connectivity index (χ4v) is 1.43. The highest BCUT2D eigenvalue weighted by Gasteiger charge is 2.40. The highest BCUT2D eigenvalue weighted by Crippen LogP contribution is 2.28. The third kappa shape index (κ3) is 0.777. The van der Waals surface area contributed by atoms with Crippen molar-refractivity contribution in [1.29, 1.82) is 0 Å². The van der Waals surface area contributed by atoms with Gasteiger partial charge in [0.1, 0.15) is 0 Å². The van der Waals surface area contributed by atoms with Crippen LogP contribution >= 0.6 is 0 Å². The first-order chi connectivity index (χ1) is 4.77. The number of fused-ring (bicyclic) bond motifs is 2. The maximum absolute atomic E-state index is 11.0. The van der Waals surface area contributed by atoms with E-state index in [0.717, 1.165) is 0 Å². The van der Waals surface area contributed by atoms with Gasteiger partial charge in [-0.1, -0.05) is 6.92 Å². The van der Waals surface area contributed by atoms with Crippen molar-refractivity contribution >= 4 is 5.78 Å². The van der Waals surface area contributed by atoms with Crippen molar-refractivity contribution < 1.29 is 14.3 Å². The highest BCUT2D eigenvalue weighted by atomic mass is 16.7. The average Bonchev–Trinajstić information content (AvgIpc) is 2.28.